The van der Waals surface area contributed by atoms with Gasteiger partial charge in [0.25, 0.3) is 11.5 Å². The molecule has 3 rings (SSSR count). The Hall–Kier alpha value is -3.49. The van der Waals surface area contributed by atoms with Crippen LogP contribution in [0.3, 0.4) is 0 Å². The molecule has 0 saturated carbocycles. The lowest BCUT2D eigenvalue weighted by Crippen LogP contribution is -2.34. The van der Waals surface area contributed by atoms with Crippen molar-refractivity contribution in [1.82, 2.24) is 15.0 Å². The second-order valence-electron chi connectivity index (χ2n) is 5.49. The van der Waals surface area contributed by atoms with Crippen molar-refractivity contribution >= 4 is 22.8 Å². The number of para-hydroxylation sites is 1. The summed E-state index contributed by atoms with van der Waals surface area (Å²) in [7, 11) is 0. The van der Waals surface area contributed by atoms with Crippen molar-refractivity contribution in [1.29, 1.82) is 0 Å². The van der Waals surface area contributed by atoms with Gasteiger partial charge in [0.1, 0.15) is 5.75 Å². The lowest BCUT2D eigenvalue weighted by Gasteiger charge is -2.14. The number of ether oxygens (including phenoxy) is 1. The number of carbonyl (C=O) groups excluding carboxylic acids is 1. The minimum absolute atomic E-state index is 0.104. The molecule has 9 heteroatoms. The van der Waals surface area contributed by atoms with E-state index in [1.807, 2.05) is 0 Å². The van der Waals surface area contributed by atoms with E-state index in [9.17, 15) is 18.4 Å². The van der Waals surface area contributed by atoms with Crippen molar-refractivity contribution in [3.8, 4) is 5.75 Å². The number of hydrazine groups is 1. The molecule has 0 atom stereocenters. The quantitative estimate of drug-likeness (QED) is 0.648. The van der Waals surface area contributed by atoms with Crippen LogP contribution in [0.5, 0.6) is 5.75 Å². The van der Waals surface area contributed by atoms with Crippen molar-refractivity contribution in [2.75, 3.05) is 5.43 Å². The monoisotopic (exact) mass is 374 g/mol. The summed E-state index contributed by atoms with van der Waals surface area (Å²) >= 11 is 0. The highest BCUT2D eigenvalue weighted by molar-refractivity contribution is 5.95. The first-order chi connectivity index (χ1) is 13.0. The predicted molar refractivity (Wildman–Crippen MR) is 95.8 cm³/mol. The molecule has 0 aliphatic rings. The Morgan fingerprint density at radius 2 is 2.00 bits per heavy atom. The molecule has 0 bridgehead atoms. The molecule has 27 heavy (non-hydrogen) atoms. The van der Waals surface area contributed by atoms with Gasteiger partial charge in [-0.05, 0) is 37.3 Å². The van der Waals surface area contributed by atoms with Crippen molar-refractivity contribution in [2.45, 2.75) is 20.1 Å². The molecule has 1 heterocycles. The van der Waals surface area contributed by atoms with E-state index in [4.69, 9.17) is 0 Å². The third-order valence-corrected chi connectivity index (χ3v) is 3.79. The second kappa shape index (κ2) is 7.81. The smallest absolute Gasteiger partial charge is 0.387 e. The highest BCUT2D eigenvalue weighted by Gasteiger charge is 2.12. The Morgan fingerprint density at radius 1 is 1.22 bits per heavy atom. The maximum absolute atomic E-state index is 12.5. The molecule has 2 aromatic carbocycles. The first-order valence-electron chi connectivity index (χ1n) is 8.10. The van der Waals surface area contributed by atoms with Gasteiger partial charge in [0.05, 0.1) is 10.9 Å². The molecule has 0 aliphatic heterocycles. The Kier molecular flexibility index (Phi) is 5.30. The van der Waals surface area contributed by atoms with Crippen LogP contribution in [-0.4, -0.2) is 22.1 Å². The van der Waals surface area contributed by atoms with Gasteiger partial charge >= 0.3 is 6.61 Å². The molecule has 2 N–H and O–H groups in total. The average molecular weight is 374 g/mol. The number of amides is 1. The number of hydrogen-bond donors (Lipinski definition) is 2. The Morgan fingerprint density at radius 3 is 2.74 bits per heavy atom. The number of fused-ring (bicyclic) bond motifs is 1. The first-order valence-corrected chi connectivity index (χ1v) is 8.10. The number of rotatable bonds is 6. The zero-order chi connectivity index (χ0) is 19.4. The Bertz CT molecular complexity index is 1040. The fourth-order valence-electron chi connectivity index (χ4n) is 2.56. The normalized spacial score (nSPS) is 10.8. The average Bonchev–Trinajstić information content (AvgIpc) is 2.66. The lowest BCUT2D eigenvalue weighted by molar-refractivity contribution is -0.0498. The molecule has 1 amide bonds. The maximum Gasteiger partial charge on any atom is 0.387 e. The third-order valence-electron chi connectivity index (χ3n) is 3.79. The molecular weight excluding hydrogens is 358 g/mol. The van der Waals surface area contributed by atoms with E-state index in [-0.39, 0.29) is 22.8 Å². The van der Waals surface area contributed by atoms with Crippen molar-refractivity contribution in [3.63, 3.8) is 0 Å². The summed E-state index contributed by atoms with van der Waals surface area (Å²) in [5, 5.41) is 0.466. The number of anilines is 1. The van der Waals surface area contributed by atoms with Crippen molar-refractivity contribution in [3.05, 3.63) is 64.4 Å². The van der Waals surface area contributed by atoms with Crippen LogP contribution in [0.2, 0.25) is 0 Å². The zero-order valence-electron chi connectivity index (χ0n) is 14.3. The van der Waals surface area contributed by atoms with E-state index >= 15 is 0 Å². The molecule has 7 nitrogen and oxygen atoms in total. The second-order valence-corrected chi connectivity index (χ2v) is 5.49. The molecule has 0 fully saturated rings. The number of benzene rings is 2. The van der Waals surface area contributed by atoms with Crippen LogP contribution >= 0.6 is 0 Å². The van der Waals surface area contributed by atoms with E-state index in [1.54, 1.807) is 31.2 Å². The lowest BCUT2D eigenvalue weighted by atomic mass is 10.2. The topological polar surface area (TPSA) is 85.2 Å². The SMILES string of the molecule is CCn1c(NNC(=O)c2cccc(OC(F)F)c2)nc2ccccc2c1=O. The summed E-state index contributed by atoms with van der Waals surface area (Å²) in [5.41, 5.74) is 5.37. The van der Waals surface area contributed by atoms with Crippen molar-refractivity contribution < 1.29 is 18.3 Å². The largest absolute Gasteiger partial charge is 0.435 e. The van der Waals surface area contributed by atoms with E-state index in [1.165, 1.54) is 28.8 Å². The zero-order valence-corrected chi connectivity index (χ0v) is 14.3. The van der Waals surface area contributed by atoms with E-state index in [2.05, 4.69) is 20.6 Å². The Balaban J connectivity index is 1.82. The van der Waals surface area contributed by atoms with Crippen LogP contribution in [0, 0.1) is 0 Å². The van der Waals surface area contributed by atoms with Gasteiger partial charge in [-0.3, -0.25) is 25.0 Å². The minimum Gasteiger partial charge on any atom is -0.435 e. The summed E-state index contributed by atoms with van der Waals surface area (Å²) in [6.07, 6.45) is 0. The van der Waals surface area contributed by atoms with Crippen LogP contribution in [0.4, 0.5) is 14.7 Å². The molecular formula is C18H16F2N4O3. The third kappa shape index (κ3) is 4.02. The van der Waals surface area contributed by atoms with E-state index < -0.39 is 12.5 Å². The molecule has 3 aromatic rings. The molecule has 0 saturated heterocycles. The van der Waals surface area contributed by atoms with Gasteiger partial charge in [0.2, 0.25) is 5.95 Å². The first kappa shape index (κ1) is 18.3. The number of nitrogens with one attached hydrogen (secondary N) is 2. The summed E-state index contributed by atoms with van der Waals surface area (Å²) in [6, 6.07) is 12.2. The van der Waals surface area contributed by atoms with Crippen LogP contribution < -0.4 is 21.1 Å². The minimum atomic E-state index is -2.98. The standard InChI is InChI=1S/C18H16F2N4O3/c1-2-24-16(26)13-8-3-4-9-14(13)21-18(24)23-22-15(25)11-6-5-7-12(10-11)27-17(19)20/h3-10,17H,2H2,1H3,(H,21,23)(H,22,25). The van der Waals surface area contributed by atoms with Gasteiger partial charge in [0.15, 0.2) is 0 Å². The number of carbonyl (C=O) groups is 1. The number of nitrogens with zero attached hydrogens (tertiary/aromatic N) is 2. The summed E-state index contributed by atoms with van der Waals surface area (Å²) < 4.78 is 30.2. The molecule has 140 valence electrons. The molecule has 0 unspecified atom stereocenters. The van der Waals surface area contributed by atoms with Crippen LogP contribution in [0.15, 0.2) is 53.3 Å². The van der Waals surface area contributed by atoms with E-state index in [0.29, 0.717) is 17.4 Å². The fraction of sp³-hybridized carbons (Fsp3) is 0.167. The van der Waals surface area contributed by atoms with Gasteiger partial charge < -0.3 is 4.74 Å². The van der Waals surface area contributed by atoms with E-state index in [0.717, 1.165) is 0 Å². The Labute approximate surface area is 152 Å². The van der Waals surface area contributed by atoms with Crippen LogP contribution in [0.1, 0.15) is 17.3 Å². The van der Waals surface area contributed by atoms with Crippen molar-refractivity contribution in [2.24, 2.45) is 0 Å². The number of alkyl halides is 2. The van der Waals surface area contributed by atoms with Crippen LogP contribution in [-0.2, 0) is 6.54 Å². The maximum atomic E-state index is 12.5. The van der Waals surface area contributed by atoms with Gasteiger partial charge in [0, 0.05) is 12.1 Å². The fourth-order valence-corrected chi connectivity index (χ4v) is 2.56. The molecule has 0 radical (unpaired) electrons. The molecule has 1 aromatic heterocycles. The highest BCUT2D eigenvalue weighted by Crippen LogP contribution is 2.16. The summed E-state index contributed by atoms with van der Waals surface area (Å²) in [4.78, 5) is 29.1. The van der Waals surface area contributed by atoms with Gasteiger partial charge in [-0.25, -0.2) is 4.98 Å². The number of aromatic nitrogens is 2. The van der Waals surface area contributed by atoms with Gasteiger partial charge in [-0.2, -0.15) is 8.78 Å². The number of hydrogen-bond acceptors (Lipinski definition) is 5. The predicted octanol–water partition coefficient (Wildman–Crippen LogP) is 2.77. The van der Waals surface area contributed by atoms with Crippen LogP contribution in [0.25, 0.3) is 10.9 Å². The summed E-state index contributed by atoms with van der Waals surface area (Å²) in [5.74, 6) is -0.568. The molecule has 0 spiro atoms. The van der Waals surface area contributed by atoms with Gasteiger partial charge in [-0.15, -0.1) is 0 Å². The molecule has 0 aliphatic carbocycles. The summed E-state index contributed by atoms with van der Waals surface area (Å²) in [6.45, 7) is -0.870. The number of halogens is 2. The highest BCUT2D eigenvalue weighted by atomic mass is 19.3. The van der Waals surface area contributed by atoms with Gasteiger partial charge in [-0.1, -0.05) is 18.2 Å².